The molecule has 0 aromatic heterocycles. The van der Waals surface area contributed by atoms with E-state index in [-0.39, 0.29) is 7.92 Å². The predicted molar refractivity (Wildman–Crippen MR) is 117 cm³/mol. The summed E-state index contributed by atoms with van der Waals surface area (Å²) in [6.45, 7) is 4.67. The molecule has 0 saturated heterocycles. The molecule has 0 amide bonds. The van der Waals surface area contributed by atoms with Crippen LogP contribution in [-0.2, 0) is 12.3 Å². The summed E-state index contributed by atoms with van der Waals surface area (Å²) >= 11 is -1.77. The van der Waals surface area contributed by atoms with Crippen LogP contribution >= 0.6 is 37.5 Å². The maximum absolute atomic E-state index is 4.95. The number of rotatable bonds is 4. The molecule has 1 aliphatic rings. The Morgan fingerprint density at radius 1 is 0.923 bits per heavy atom. The summed E-state index contributed by atoms with van der Waals surface area (Å²) in [6, 6.07) is 21.5. The van der Waals surface area contributed by atoms with Crippen LogP contribution in [0, 0.1) is 12.0 Å². The van der Waals surface area contributed by atoms with Crippen molar-refractivity contribution in [2.45, 2.75) is 6.42 Å². The van der Waals surface area contributed by atoms with Crippen LogP contribution in [-0.4, -0.2) is 19.5 Å². The van der Waals surface area contributed by atoms with E-state index in [1.54, 1.807) is 0 Å². The summed E-state index contributed by atoms with van der Waals surface area (Å²) < 4.78 is 0. The summed E-state index contributed by atoms with van der Waals surface area (Å²) in [7, 11) is 14.9. The Hall–Kier alpha value is -0.326. The topological polar surface area (TPSA) is 0 Å². The first kappa shape index (κ1) is 23.7. The molecule has 0 unspecified atom stereocenters. The van der Waals surface area contributed by atoms with Gasteiger partial charge < -0.3 is 0 Å². The van der Waals surface area contributed by atoms with E-state index in [0.717, 1.165) is 6.42 Å². The van der Waals surface area contributed by atoms with Crippen molar-refractivity contribution in [1.29, 1.82) is 0 Å². The van der Waals surface area contributed by atoms with Crippen molar-refractivity contribution < 1.29 is 12.3 Å². The minimum atomic E-state index is -1.77. The van der Waals surface area contributed by atoms with Crippen molar-refractivity contribution in [3.05, 3.63) is 102 Å². The number of halogens is 3. The van der Waals surface area contributed by atoms with Crippen molar-refractivity contribution >= 4 is 37.5 Å². The molecule has 1 aliphatic carbocycles. The second-order valence-electron chi connectivity index (χ2n) is 5.64. The average molecular weight is 464 g/mol. The molecule has 5 heteroatoms. The van der Waals surface area contributed by atoms with Crippen molar-refractivity contribution in [1.82, 2.24) is 0 Å². The van der Waals surface area contributed by atoms with E-state index < -0.39 is 12.3 Å². The molecule has 0 atom stereocenters. The summed E-state index contributed by atoms with van der Waals surface area (Å²) in [5, 5.41) is 0. The first-order chi connectivity index (χ1) is 12.5. The van der Waals surface area contributed by atoms with Gasteiger partial charge in [0.15, 0.2) is 0 Å². The average Bonchev–Trinajstić information content (AvgIpc) is 3.20. The number of benzene rings is 2. The van der Waals surface area contributed by atoms with Crippen LogP contribution in [0.1, 0.15) is 17.5 Å². The van der Waals surface area contributed by atoms with E-state index in [2.05, 4.69) is 86.1 Å². The van der Waals surface area contributed by atoms with Crippen molar-refractivity contribution in [3.8, 4) is 0 Å². The van der Waals surface area contributed by atoms with Gasteiger partial charge in [-0.25, -0.2) is 12.2 Å². The van der Waals surface area contributed by atoms with Gasteiger partial charge in [-0.3, -0.25) is 6.08 Å². The second-order valence-corrected chi connectivity index (χ2v) is 15.0. The van der Waals surface area contributed by atoms with Crippen LogP contribution in [0.15, 0.2) is 78.9 Å². The first-order valence-corrected chi connectivity index (χ1v) is 16.3. The summed E-state index contributed by atoms with van der Waals surface area (Å²) in [4.78, 5) is 0. The van der Waals surface area contributed by atoms with Crippen LogP contribution in [0.4, 0.5) is 0 Å². The minimum absolute atomic E-state index is 0.0759. The number of hydrogen-bond donors (Lipinski definition) is 0. The molecule has 2 aromatic carbocycles. The van der Waals surface area contributed by atoms with E-state index in [4.69, 9.17) is 29.5 Å². The zero-order chi connectivity index (χ0) is 19.2. The van der Waals surface area contributed by atoms with Crippen LogP contribution in [0.5, 0.6) is 0 Å². The fourth-order valence-electron chi connectivity index (χ4n) is 2.28. The van der Waals surface area contributed by atoms with Gasteiger partial charge in [0.1, 0.15) is 0 Å². The quantitative estimate of drug-likeness (QED) is 0.321. The SMILES string of the molecule is CP(C)C[C-](c1ccccc1)c1ccccc1.[C-]1=CC=CC1.[Cl][V]([Cl])[Cl]. The summed E-state index contributed by atoms with van der Waals surface area (Å²) in [5.74, 6) is 1.47. The molecule has 0 radical (unpaired) electrons. The summed E-state index contributed by atoms with van der Waals surface area (Å²) in [5.41, 5.74) is 2.71. The zero-order valence-corrected chi connectivity index (χ0v) is 19.5. The predicted octanol–water partition coefficient (Wildman–Crippen LogP) is 7.77. The van der Waals surface area contributed by atoms with Gasteiger partial charge in [-0.15, -0.1) is 55.7 Å². The molecule has 0 N–H and O–H groups in total. The Balaban J connectivity index is 0.000000309. The fourth-order valence-corrected chi connectivity index (χ4v) is 3.28. The molecule has 0 fully saturated rings. The molecule has 26 heavy (non-hydrogen) atoms. The second kappa shape index (κ2) is 14.7. The molecule has 3 rings (SSSR count). The van der Waals surface area contributed by atoms with Crippen LogP contribution in [0.3, 0.4) is 0 Å². The van der Waals surface area contributed by atoms with Gasteiger partial charge in [0.2, 0.25) is 0 Å². The Morgan fingerprint density at radius 3 is 1.65 bits per heavy atom. The molecule has 0 bridgehead atoms. The summed E-state index contributed by atoms with van der Waals surface area (Å²) in [6.07, 6.45) is 11.2. The fraction of sp³-hybridized carbons (Fsp3) is 0.190. The molecule has 0 heterocycles. The Labute approximate surface area is 176 Å². The Kier molecular flexibility index (Phi) is 13.4. The van der Waals surface area contributed by atoms with Crippen LogP contribution < -0.4 is 0 Å². The molecular weight excluding hydrogens is 441 g/mol. The van der Waals surface area contributed by atoms with Gasteiger partial charge in [0.05, 0.1) is 0 Å². The molecule has 0 nitrogen and oxygen atoms in total. The van der Waals surface area contributed by atoms with E-state index in [0.29, 0.717) is 0 Å². The normalized spacial score (nSPS) is 11.7. The molecule has 140 valence electrons. The van der Waals surface area contributed by atoms with Gasteiger partial charge in [0, 0.05) is 0 Å². The third-order valence-corrected chi connectivity index (χ3v) is 4.25. The maximum atomic E-state index is 4.95. The van der Waals surface area contributed by atoms with Crippen LogP contribution in [0.25, 0.3) is 0 Å². The van der Waals surface area contributed by atoms with E-state index >= 15 is 0 Å². The molecule has 0 saturated carbocycles. The number of hydrogen-bond acceptors (Lipinski definition) is 0. The Morgan fingerprint density at radius 2 is 1.38 bits per heavy atom. The van der Waals surface area contributed by atoms with E-state index in [9.17, 15) is 0 Å². The third-order valence-electron chi connectivity index (χ3n) is 3.30. The van der Waals surface area contributed by atoms with E-state index in [1.807, 2.05) is 12.2 Å². The number of allylic oxidation sites excluding steroid dienone is 4. The van der Waals surface area contributed by atoms with Crippen molar-refractivity contribution in [3.63, 3.8) is 0 Å². The van der Waals surface area contributed by atoms with Crippen molar-refractivity contribution in [2.24, 2.45) is 0 Å². The first-order valence-electron chi connectivity index (χ1n) is 8.11. The molecule has 0 aliphatic heterocycles. The molecule has 0 spiro atoms. The van der Waals surface area contributed by atoms with Gasteiger partial charge in [-0.05, 0) is 19.5 Å². The van der Waals surface area contributed by atoms with Crippen molar-refractivity contribution in [2.75, 3.05) is 19.5 Å². The van der Waals surface area contributed by atoms with Gasteiger partial charge in [-0.2, -0.15) is 6.08 Å². The van der Waals surface area contributed by atoms with Crippen LogP contribution in [0.2, 0.25) is 0 Å². The van der Waals surface area contributed by atoms with E-state index in [1.165, 1.54) is 23.2 Å². The third kappa shape index (κ3) is 11.4. The molecular formula is C21H23Cl3PV-2. The van der Waals surface area contributed by atoms with Gasteiger partial charge >= 0.3 is 41.8 Å². The molecule has 2 aromatic rings. The van der Waals surface area contributed by atoms with Gasteiger partial charge in [0.25, 0.3) is 0 Å². The standard InChI is InChI=1S/C16H18P.C5H5.3ClH.V/c1-17(2)13-16(14-9-5-3-6-10-14)15-11-7-4-8-12-15;1-2-4-5-3-1;;;;/h3-12H,13H2,1-2H3;1-3H,4H2;3*1H;/q2*-1;;;;+3/p-3. The Bertz CT molecular complexity index is 591. The zero-order valence-electron chi connectivity index (χ0n) is 14.9. The monoisotopic (exact) mass is 462 g/mol. The van der Waals surface area contributed by atoms with Gasteiger partial charge in [-0.1, -0.05) is 36.4 Å².